The molecule has 0 heterocycles. The molecule has 0 amide bonds. The Bertz CT molecular complexity index is 297. The van der Waals surface area contributed by atoms with Crippen molar-refractivity contribution in [2.24, 2.45) is 5.92 Å². The fraction of sp³-hybridized carbons (Fsp3) is 0.600. The highest BCUT2D eigenvalue weighted by Gasteiger charge is 2.18. The van der Waals surface area contributed by atoms with Gasteiger partial charge >= 0.3 is 0 Å². The smallest absolute Gasteiger partial charge is 0.0587 e. The summed E-state index contributed by atoms with van der Waals surface area (Å²) in [5.74, 6) is 0.447. The van der Waals surface area contributed by atoms with E-state index < -0.39 is 0 Å². The second kappa shape index (κ2) is 7.46. The molecule has 0 saturated heterocycles. The van der Waals surface area contributed by atoms with E-state index in [2.05, 4.69) is 50.4 Å². The lowest BCUT2D eigenvalue weighted by molar-refractivity contribution is 0.196. The highest BCUT2D eigenvalue weighted by atomic mass is 16.3. The molecule has 0 aromatic heterocycles. The van der Waals surface area contributed by atoms with Crippen LogP contribution in [0.25, 0.3) is 0 Å². The van der Waals surface area contributed by atoms with Gasteiger partial charge in [0.1, 0.15) is 0 Å². The summed E-state index contributed by atoms with van der Waals surface area (Å²) in [7, 11) is 0. The normalized spacial score (nSPS) is 14.9. The van der Waals surface area contributed by atoms with E-state index in [0.717, 1.165) is 12.8 Å². The second-order valence-electron chi connectivity index (χ2n) is 4.95. The Morgan fingerprint density at radius 3 is 2.29 bits per heavy atom. The van der Waals surface area contributed by atoms with E-state index in [1.54, 1.807) is 0 Å². The van der Waals surface area contributed by atoms with Crippen LogP contribution in [0.15, 0.2) is 30.3 Å². The standard InChI is InChI=1S/C15H25NO/c1-4-8-14(13-9-6-5-7-10-13)16-15(11-17)12(2)3/h5-7,9-10,12,14-17H,4,8,11H2,1-3H3. The van der Waals surface area contributed by atoms with E-state index >= 15 is 0 Å². The highest BCUT2D eigenvalue weighted by molar-refractivity contribution is 5.19. The third kappa shape index (κ3) is 4.49. The molecule has 1 rings (SSSR count). The average Bonchev–Trinajstić information content (AvgIpc) is 2.35. The number of hydrogen-bond donors (Lipinski definition) is 2. The largest absolute Gasteiger partial charge is 0.395 e. The van der Waals surface area contributed by atoms with Gasteiger partial charge in [0.15, 0.2) is 0 Å². The minimum atomic E-state index is 0.173. The minimum absolute atomic E-state index is 0.173. The maximum atomic E-state index is 9.40. The van der Waals surface area contributed by atoms with Gasteiger partial charge in [-0.3, -0.25) is 0 Å². The predicted octanol–water partition coefficient (Wildman–Crippen LogP) is 3.13. The summed E-state index contributed by atoms with van der Waals surface area (Å²) in [6.07, 6.45) is 2.25. The molecular weight excluding hydrogens is 210 g/mol. The van der Waals surface area contributed by atoms with Gasteiger partial charge in [-0.2, -0.15) is 0 Å². The summed E-state index contributed by atoms with van der Waals surface area (Å²) < 4.78 is 0. The Balaban J connectivity index is 2.72. The molecular formula is C15H25NO. The number of benzene rings is 1. The molecule has 0 radical (unpaired) electrons. The van der Waals surface area contributed by atoms with Gasteiger partial charge in [0.25, 0.3) is 0 Å². The van der Waals surface area contributed by atoms with Crippen molar-refractivity contribution in [3.63, 3.8) is 0 Å². The predicted molar refractivity (Wildman–Crippen MR) is 72.9 cm³/mol. The second-order valence-corrected chi connectivity index (χ2v) is 4.95. The monoisotopic (exact) mass is 235 g/mol. The zero-order chi connectivity index (χ0) is 12.7. The van der Waals surface area contributed by atoms with E-state index in [9.17, 15) is 5.11 Å². The van der Waals surface area contributed by atoms with Gasteiger partial charge in [0.2, 0.25) is 0 Å². The zero-order valence-electron chi connectivity index (χ0n) is 11.2. The van der Waals surface area contributed by atoms with Crippen LogP contribution in [-0.4, -0.2) is 17.8 Å². The third-order valence-corrected chi connectivity index (χ3v) is 3.20. The molecule has 1 aromatic carbocycles. The molecule has 1 aromatic rings. The Kier molecular flexibility index (Phi) is 6.23. The van der Waals surface area contributed by atoms with Crippen LogP contribution in [0.1, 0.15) is 45.2 Å². The quantitative estimate of drug-likeness (QED) is 0.761. The Morgan fingerprint density at radius 2 is 1.82 bits per heavy atom. The van der Waals surface area contributed by atoms with Crippen LogP contribution in [0.5, 0.6) is 0 Å². The number of rotatable bonds is 7. The topological polar surface area (TPSA) is 32.3 Å². The van der Waals surface area contributed by atoms with Crippen molar-refractivity contribution in [2.75, 3.05) is 6.61 Å². The van der Waals surface area contributed by atoms with E-state index in [4.69, 9.17) is 0 Å². The van der Waals surface area contributed by atoms with Gasteiger partial charge in [-0.1, -0.05) is 57.5 Å². The molecule has 0 saturated carbocycles. The van der Waals surface area contributed by atoms with Crippen molar-refractivity contribution < 1.29 is 5.11 Å². The third-order valence-electron chi connectivity index (χ3n) is 3.20. The first kappa shape index (κ1) is 14.2. The summed E-state index contributed by atoms with van der Waals surface area (Å²) >= 11 is 0. The van der Waals surface area contributed by atoms with Crippen molar-refractivity contribution in [2.45, 2.75) is 45.7 Å². The molecule has 96 valence electrons. The fourth-order valence-electron chi connectivity index (χ4n) is 2.03. The van der Waals surface area contributed by atoms with Gasteiger partial charge in [-0.25, -0.2) is 0 Å². The van der Waals surface area contributed by atoms with E-state index in [-0.39, 0.29) is 12.6 Å². The molecule has 2 nitrogen and oxygen atoms in total. The number of nitrogens with one attached hydrogen (secondary N) is 1. The Labute approximate surface area is 105 Å². The maximum Gasteiger partial charge on any atom is 0.0587 e. The molecule has 2 N–H and O–H groups in total. The Morgan fingerprint density at radius 1 is 1.18 bits per heavy atom. The maximum absolute atomic E-state index is 9.40. The molecule has 0 fully saturated rings. The van der Waals surface area contributed by atoms with Crippen molar-refractivity contribution >= 4 is 0 Å². The average molecular weight is 235 g/mol. The molecule has 0 aliphatic rings. The van der Waals surface area contributed by atoms with Crippen LogP contribution in [0.4, 0.5) is 0 Å². The van der Waals surface area contributed by atoms with Crippen molar-refractivity contribution in [1.82, 2.24) is 5.32 Å². The van der Waals surface area contributed by atoms with E-state index in [1.807, 2.05) is 6.07 Å². The van der Waals surface area contributed by atoms with Crippen LogP contribution in [0.2, 0.25) is 0 Å². The van der Waals surface area contributed by atoms with Gasteiger partial charge in [0.05, 0.1) is 6.61 Å². The summed E-state index contributed by atoms with van der Waals surface area (Å²) in [6.45, 7) is 6.68. The first-order valence-electron chi connectivity index (χ1n) is 6.60. The van der Waals surface area contributed by atoms with Crippen LogP contribution in [-0.2, 0) is 0 Å². The number of hydrogen-bond acceptors (Lipinski definition) is 2. The summed E-state index contributed by atoms with van der Waals surface area (Å²) in [5, 5.41) is 13.0. The lowest BCUT2D eigenvalue weighted by Gasteiger charge is -2.27. The molecule has 2 heteroatoms. The SMILES string of the molecule is CCCC(NC(CO)C(C)C)c1ccccc1. The first-order chi connectivity index (χ1) is 8.19. The van der Waals surface area contributed by atoms with Crippen LogP contribution < -0.4 is 5.32 Å². The highest BCUT2D eigenvalue weighted by Crippen LogP contribution is 2.20. The van der Waals surface area contributed by atoms with Gasteiger partial charge in [-0.15, -0.1) is 0 Å². The number of aliphatic hydroxyl groups is 1. The van der Waals surface area contributed by atoms with Crippen molar-refractivity contribution in [1.29, 1.82) is 0 Å². The van der Waals surface area contributed by atoms with Crippen molar-refractivity contribution in [3.05, 3.63) is 35.9 Å². The lowest BCUT2D eigenvalue weighted by Crippen LogP contribution is -2.39. The molecule has 0 aliphatic heterocycles. The number of aliphatic hydroxyl groups excluding tert-OH is 1. The molecule has 0 bridgehead atoms. The first-order valence-corrected chi connectivity index (χ1v) is 6.60. The van der Waals surface area contributed by atoms with Crippen LogP contribution >= 0.6 is 0 Å². The molecule has 0 aliphatic carbocycles. The van der Waals surface area contributed by atoms with E-state index in [1.165, 1.54) is 5.56 Å². The van der Waals surface area contributed by atoms with Crippen molar-refractivity contribution in [3.8, 4) is 0 Å². The van der Waals surface area contributed by atoms with Crippen LogP contribution in [0.3, 0.4) is 0 Å². The summed E-state index contributed by atoms with van der Waals surface area (Å²) in [4.78, 5) is 0. The van der Waals surface area contributed by atoms with Gasteiger partial charge < -0.3 is 10.4 Å². The lowest BCUT2D eigenvalue weighted by atomic mass is 9.98. The Hall–Kier alpha value is -0.860. The fourth-order valence-corrected chi connectivity index (χ4v) is 2.03. The summed E-state index contributed by atoms with van der Waals surface area (Å²) in [5.41, 5.74) is 1.31. The van der Waals surface area contributed by atoms with Gasteiger partial charge in [-0.05, 0) is 17.9 Å². The zero-order valence-corrected chi connectivity index (χ0v) is 11.2. The minimum Gasteiger partial charge on any atom is -0.395 e. The van der Waals surface area contributed by atoms with Crippen LogP contribution in [0, 0.1) is 5.92 Å². The summed E-state index contributed by atoms with van der Waals surface area (Å²) in [6, 6.07) is 11.0. The molecule has 2 unspecified atom stereocenters. The van der Waals surface area contributed by atoms with Gasteiger partial charge in [0, 0.05) is 12.1 Å². The van der Waals surface area contributed by atoms with E-state index in [0.29, 0.717) is 12.0 Å². The molecule has 17 heavy (non-hydrogen) atoms. The molecule has 2 atom stereocenters. The molecule has 0 spiro atoms.